The lowest BCUT2D eigenvalue weighted by Crippen LogP contribution is -2.42. The number of ether oxygens (including phenoxy) is 1. The molecule has 1 atom stereocenters. The van der Waals surface area contributed by atoms with Gasteiger partial charge in [0.15, 0.2) is 5.16 Å². The lowest BCUT2D eigenvalue weighted by atomic mass is 10.1. The van der Waals surface area contributed by atoms with Crippen LogP contribution in [0.2, 0.25) is 0 Å². The van der Waals surface area contributed by atoms with E-state index in [1.807, 2.05) is 18.7 Å². The number of imide groups is 1. The Morgan fingerprint density at radius 1 is 1.28 bits per heavy atom. The van der Waals surface area contributed by atoms with Gasteiger partial charge in [-0.2, -0.15) is 0 Å². The van der Waals surface area contributed by atoms with Crippen molar-refractivity contribution in [3.8, 4) is 5.69 Å². The molecule has 156 valence electrons. The van der Waals surface area contributed by atoms with Gasteiger partial charge in [0.2, 0.25) is 11.9 Å². The first-order valence-corrected chi connectivity index (χ1v) is 10.1. The second kappa shape index (κ2) is 9.23. The summed E-state index contributed by atoms with van der Waals surface area (Å²) in [7, 11) is 0. The summed E-state index contributed by atoms with van der Waals surface area (Å²) in [5, 5.41) is 10.4. The molecular formula is C18H23FN6O3S. The van der Waals surface area contributed by atoms with Gasteiger partial charge in [0.1, 0.15) is 5.82 Å². The average Bonchev–Trinajstić information content (AvgIpc) is 3.09. The van der Waals surface area contributed by atoms with E-state index in [0.717, 1.165) is 11.8 Å². The molecular weight excluding hydrogens is 399 g/mol. The molecule has 9 nitrogen and oxygen atoms in total. The van der Waals surface area contributed by atoms with E-state index < -0.39 is 23.0 Å². The first-order valence-electron chi connectivity index (χ1n) is 9.18. The Morgan fingerprint density at radius 3 is 2.62 bits per heavy atom. The lowest BCUT2D eigenvalue weighted by Gasteiger charge is -2.28. The number of benzene rings is 1. The number of carbonyl (C=O) groups excluding carboxylic acids is 2. The molecule has 2 aromatic rings. The van der Waals surface area contributed by atoms with Gasteiger partial charge in [-0.1, -0.05) is 31.7 Å². The van der Waals surface area contributed by atoms with Gasteiger partial charge < -0.3 is 15.4 Å². The fourth-order valence-corrected chi connectivity index (χ4v) is 3.99. The molecule has 1 aromatic carbocycles. The highest BCUT2D eigenvalue weighted by Gasteiger charge is 2.29. The van der Waals surface area contributed by atoms with E-state index in [1.165, 1.54) is 12.1 Å². The SMILES string of the molecule is CC(C)[C@@H](Sc1nnc(N2CCOCC2)n1-c1cccc(F)c1)C(=O)NC(N)=O. The number of aromatic nitrogens is 3. The van der Waals surface area contributed by atoms with Crippen LogP contribution in [-0.2, 0) is 9.53 Å². The second-order valence-corrected chi connectivity index (χ2v) is 7.94. The molecule has 29 heavy (non-hydrogen) atoms. The second-order valence-electron chi connectivity index (χ2n) is 6.83. The Hall–Kier alpha value is -2.66. The fraction of sp³-hybridized carbons (Fsp3) is 0.444. The van der Waals surface area contributed by atoms with Crippen LogP contribution in [0.4, 0.5) is 15.1 Å². The van der Waals surface area contributed by atoms with Crippen LogP contribution in [0.25, 0.3) is 5.69 Å². The molecule has 1 aliphatic heterocycles. The smallest absolute Gasteiger partial charge is 0.318 e. The zero-order valence-electron chi connectivity index (χ0n) is 16.2. The highest BCUT2D eigenvalue weighted by atomic mass is 32.2. The molecule has 0 saturated carbocycles. The summed E-state index contributed by atoms with van der Waals surface area (Å²) >= 11 is 1.15. The number of morpholine rings is 1. The molecule has 2 heterocycles. The van der Waals surface area contributed by atoms with E-state index in [2.05, 4.69) is 15.5 Å². The Labute approximate surface area is 171 Å². The average molecular weight is 422 g/mol. The molecule has 0 unspecified atom stereocenters. The van der Waals surface area contributed by atoms with Crippen molar-refractivity contribution in [2.75, 3.05) is 31.2 Å². The van der Waals surface area contributed by atoms with Crippen molar-refractivity contribution >= 4 is 29.6 Å². The van der Waals surface area contributed by atoms with E-state index in [1.54, 1.807) is 16.7 Å². The zero-order chi connectivity index (χ0) is 21.0. The van der Waals surface area contributed by atoms with Gasteiger partial charge in [-0.15, -0.1) is 10.2 Å². The topological polar surface area (TPSA) is 115 Å². The molecule has 1 aliphatic rings. The van der Waals surface area contributed by atoms with E-state index in [9.17, 15) is 14.0 Å². The van der Waals surface area contributed by atoms with Crippen LogP contribution in [0.5, 0.6) is 0 Å². The summed E-state index contributed by atoms with van der Waals surface area (Å²) in [5.74, 6) is -0.491. The van der Waals surface area contributed by atoms with Gasteiger partial charge in [-0.25, -0.2) is 9.18 Å². The summed E-state index contributed by atoms with van der Waals surface area (Å²) in [5.41, 5.74) is 5.63. The number of nitrogens with one attached hydrogen (secondary N) is 1. The van der Waals surface area contributed by atoms with Crippen molar-refractivity contribution in [1.29, 1.82) is 0 Å². The number of thioether (sulfide) groups is 1. The molecule has 3 amide bonds. The number of primary amides is 1. The van der Waals surface area contributed by atoms with E-state index in [-0.39, 0.29) is 5.92 Å². The van der Waals surface area contributed by atoms with Crippen molar-refractivity contribution in [2.24, 2.45) is 11.7 Å². The van der Waals surface area contributed by atoms with Crippen molar-refractivity contribution < 1.29 is 18.7 Å². The van der Waals surface area contributed by atoms with Crippen LogP contribution < -0.4 is 16.0 Å². The third-order valence-electron chi connectivity index (χ3n) is 4.32. The molecule has 0 spiro atoms. The molecule has 3 N–H and O–H groups in total. The minimum Gasteiger partial charge on any atom is -0.378 e. The van der Waals surface area contributed by atoms with Crippen LogP contribution in [0, 0.1) is 11.7 Å². The quantitative estimate of drug-likeness (QED) is 0.679. The van der Waals surface area contributed by atoms with Crippen LogP contribution in [-0.4, -0.2) is 58.3 Å². The summed E-state index contributed by atoms with van der Waals surface area (Å²) in [6, 6.07) is 5.16. The molecule has 0 radical (unpaired) electrons. The molecule has 0 bridgehead atoms. The van der Waals surface area contributed by atoms with E-state index >= 15 is 0 Å². The number of amides is 3. The van der Waals surface area contributed by atoms with Gasteiger partial charge in [0.25, 0.3) is 0 Å². The minimum absolute atomic E-state index is 0.121. The van der Waals surface area contributed by atoms with Crippen LogP contribution in [0.3, 0.4) is 0 Å². The lowest BCUT2D eigenvalue weighted by molar-refractivity contribution is -0.120. The maximum Gasteiger partial charge on any atom is 0.318 e. The van der Waals surface area contributed by atoms with Gasteiger partial charge in [-0.05, 0) is 24.1 Å². The van der Waals surface area contributed by atoms with Gasteiger partial charge in [0.05, 0.1) is 24.2 Å². The number of urea groups is 1. The Balaban J connectivity index is 2.00. The van der Waals surface area contributed by atoms with Crippen molar-refractivity contribution in [3.63, 3.8) is 0 Å². The third kappa shape index (κ3) is 5.04. The van der Waals surface area contributed by atoms with Crippen molar-refractivity contribution in [1.82, 2.24) is 20.1 Å². The zero-order valence-corrected chi connectivity index (χ0v) is 17.0. The monoisotopic (exact) mass is 422 g/mol. The van der Waals surface area contributed by atoms with E-state index in [0.29, 0.717) is 43.1 Å². The highest BCUT2D eigenvalue weighted by Crippen LogP contribution is 2.32. The van der Waals surface area contributed by atoms with Crippen LogP contribution in [0.1, 0.15) is 13.8 Å². The first-order chi connectivity index (χ1) is 13.9. The van der Waals surface area contributed by atoms with Gasteiger partial charge in [-0.3, -0.25) is 14.7 Å². The number of rotatable bonds is 6. The Morgan fingerprint density at radius 2 is 2.00 bits per heavy atom. The summed E-state index contributed by atoms with van der Waals surface area (Å²) < 4.78 is 21.0. The van der Waals surface area contributed by atoms with Gasteiger partial charge in [0, 0.05) is 13.1 Å². The highest BCUT2D eigenvalue weighted by molar-refractivity contribution is 8.00. The first kappa shape index (κ1) is 21.1. The largest absolute Gasteiger partial charge is 0.378 e. The van der Waals surface area contributed by atoms with Crippen molar-refractivity contribution in [2.45, 2.75) is 24.3 Å². The summed E-state index contributed by atoms with van der Waals surface area (Å²) in [6.45, 7) is 6.04. The maximum absolute atomic E-state index is 13.9. The standard InChI is InChI=1S/C18H23FN6O3S/c1-11(2)14(15(26)21-16(20)27)29-18-23-22-17(24-6-8-28-9-7-24)25(18)13-5-3-4-12(19)10-13/h3-5,10-11,14H,6-9H2,1-2H3,(H3,20,21,26,27)/t14-/m1/s1. The maximum atomic E-state index is 13.9. The van der Waals surface area contributed by atoms with Crippen LogP contribution in [0.15, 0.2) is 29.4 Å². The molecule has 3 rings (SSSR count). The Kier molecular flexibility index (Phi) is 6.70. The number of halogens is 1. The number of nitrogens with zero attached hydrogens (tertiary/aromatic N) is 4. The van der Waals surface area contributed by atoms with E-state index in [4.69, 9.17) is 10.5 Å². The predicted molar refractivity (Wildman–Crippen MR) is 107 cm³/mol. The third-order valence-corrected chi connectivity index (χ3v) is 5.81. The molecule has 1 fully saturated rings. The molecule has 1 aromatic heterocycles. The molecule has 1 saturated heterocycles. The Bertz CT molecular complexity index is 884. The molecule has 0 aliphatic carbocycles. The minimum atomic E-state index is -0.915. The molecule has 11 heteroatoms. The number of nitrogens with two attached hydrogens (primary N) is 1. The number of carbonyl (C=O) groups is 2. The predicted octanol–water partition coefficient (Wildman–Crippen LogP) is 1.55. The number of hydrogen-bond donors (Lipinski definition) is 2. The summed E-state index contributed by atoms with van der Waals surface area (Å²) in [4.78, 5) is 25.5. The number of anilines is 1. The van der Waals surface area contributed by atoms with Crippen molar-refractivity contribution in [3.05, 3.63) is 30.1 Å². The fourth-order valence-electron chi connectivity index (χ4n) is 2.95. The number of hydrogen-bond acceptors (Lipinski definition) is 7. The van der Waals surface area contributed by atoms with Gasteiger partial charge >= 0.3 is 6.03 Å². The normalized spacial score (nSPS) is 15.4. The van der Waals surface area contributed by atoms with Crippen LogP contribution >= 0.6 is 11.8 Å². The summed E-state index contributed by atoms with van der Waals surface area (Å²) in [6.07, 6.45) is 0.